The SMILES string of the molecule is Oc1cc(-c2ccccc2)ccc1C=Nc1ccccc1N=Cc1ccc(-c2ccccc2)cc1O.[Pt]. The molecule has 0 bridgehead atoms. The van der Waals surface area contributed by atoms with Crippen molar-refractivity contribution in [2.75, 3.05) is 0 Å². The fourth-order valence-electron chi connectivity index (χ4n) is 3.89. The molecule has 5 heteroatoms. The van der Waals surface area contributed by atoms with E-state index in [1.165, 1.54) is 0 Å². The van der Waals surface area contributed by atoms with Crippen molar-refractivity contribution in [2.45, 2.75) is 0 Å². The minimum absolute atomic E-state index is 0. The minimum atomic E-state index is 0. The van der Waals surface area contributed by atoms with Gasteiger partial charge in [-0.3, -0.25) is 9.98 Å². The third-order valence-electron chi connectivity index (χ3n) is 5.84. The van der Waals surface area contributed by atoms with E-state index in [9.17, 15) is 10.2 Å². The second kappa shape index (κ2) is 12.1. The first-order valence-electron chi connectivity index (χ1n) is 11.6. The number of hydrogen-bond donors (Lipinski definition) is 2. The number of phenols is 2. The van der Waals surface area contributed by atoms with Gasteiger partial charge in [0.05, 0.1) is 11.4 Å². The van der Waals surface area contributed by atoms with E-state index in [2.05, 4.69) is 9.98 Å². The fraction of sp³-hybridized carbons (Fsp3) is 0. The van der Waals surface area contributed by atoms with Gasteiger partial charge in [-0.15, -0.1) is 0 Å². The van der Waals surface area contributed by atoms with Crippen LogP contribution in [0.5, 0.6) is 11.5 Å². The van der Waals surface area contributed by atoms with Crippen LogP contribution >= 0.6 is 0 Å². The van der Waals surface area contributed by atoms with Crippen molar-refractivity contribution in [1.82, 2.24) is 0 Å². The van der Waals surface area contributed by atoms with Gasteiger partial charge in [-0.1, -0.05) is 84.9 Å². The molecule has 0 radical (unpaired) electrons. The average Bonchev–Trinajstić information content (AvgIpc) is 2.93. The first-order valence-corrected chi connectivity index (χ1v) is 11.6. The summed E-state index contributed by atoms with van der Waals surface area (Å²) in [6, 6.07) is 38.4. The molecule has 0 aliphatic heterocycles. The van der Waals surface area contributed by atoms with E-state index >= 15 is 0 Å². The van der Waals surface area contributed by atoms with E-state index in [0.717, 1.165) is 22.3 Å². The average molecular weight is 664 g/mol. The third kappa shape index (κ3) is 6.30. The third-order valence-corrected chi connectivity index (χ3v) is 5.84. The molecule has 2 N–H and O–H groups in total. The van der Waals surface area contributed by atoms with Crippen LogP contribution in [0.3, 0.4) is 0 Å². The molecule has 0 aliphatic rings. The van der Waals surface area contributed by atoms with Gasteiger partial charge in [-0.05, 0) is 58.7 Å². The molecule has 0 heterocycles. The van der Waals surface area contributed by atoms with Gasteiger partial charge in [-0.2, -0.15) is 0 Å². The van der Waals surface area contributed by atoms with E-state index < -0.39 is 0 Å². The maximum atomic E-state index is 10.5. The largest absolute Gasteiger partial charge is 0.507 e. The summed E-state index contributed by atoms with van der Waals surface area (Å²) in [5, 5.41) is 21.1. The zero-order chi connectivity index (χ0) is 24.7. The normalized spacial score (nSPS) is 11.0. The summed E-state index contributed by atoms with van der Waals surface area (Å²) in [6.07, 6.45) is 3.26. The van der Waals surface area contributed by atoms with Gasteiger partial charge in [0.1, 0.15) is 11.5 Å². The van der Waals surface area contributed by atoms with Gasteiger partial charge in [0, 0.05) is 44.6 Å². The molecule has 0 aliphatic carbocycles. The number of nitrogens with zero attached hydrogens (tertiary/aromatic N) is 2. The van der Waals surface area contributed by atoms with Crippen LogP contribution in [0.25, 0.3) is 22.3 Å². The summed E-state index contributed by atoms with van der Waals surface area (Å²) in [5.41, 5.74) is 6.49. The van der Waals surface area contributed by atoms with Crippen LogP contribution in [0.15, 0.2) is 131 Å². The number of phenolic OH excluding ortho intramolecular Hbond substituents is 2. The molecule has 0 fully saturated rings. The van der Waals surface area contributed by atoms with Crippen LogP contribution in [0.4, 0.5) is 11.4 Å². The number of aliphatic imine (C=N–C) groups is 2. The zero-order valence-corrected chi connectivity index (χ0v) is 22.1. The standard InChI is InChI=1S/C32H24N2O2.Pt/c35-31-19-25(23-9-3-1-4-10-23)15-17-27(31)21-33-29-13-7-8-14-30(29)34-22-28-18-16-26(20-32(28)36)24-11-5-2-6-12-24;/h1-22,35-36H;. The minimum Gasteiger partial charge on any atom is -0.507 e. The summed E-state index contributed by atoms with van der Waals surface area (Å²) in [7, 11) is 0. The molecule has 5 aromatic carbocycles. The topological polar surface area (TPSA) is 65.2 Å². The van der Waals surface area contributed by atoms with Crippen molar-refractivity contribution in [3.8, 4) is 33.8 Å². The maximum Gasteiger partial charge on any atom is 0.124 e. The number of para-hydroxylation sites is 2. The van der Waals surface area contributed by atoms with Crippen molar-refractivity contribution in [3.63, 3.8) is 0 Å². The molecule has 0 aromatic heterocycles. The summed E-state index contributed by atoms with van der Waals surface area (Å²) >= 11 is 0. The predicted molar refractivity (Wildman–Crippen MR) is 148 cm³/mol. The van der Waals surface area contributed by atoms with Crippen LogP contribution < -0.4 is 0 Å². The van der Waals surface area contributed by atoms with Crippen LogP contribution in [0.2, 0.25) is 0 Å². The van der Waals surface area contributed by atoms with Gasteiger partial charge in [-0.25, -0.2) is 0 Å². The van der Waals surface area contributed by atoms with Crippen molar-refractivity contribution in [1.29, 1.82) is 0 Å². The van der Waals surface area contributed by atoms with Crippen molar-refractivity contribution >= 4 is 23.8 Å². The first-order chi connectivity index (χ1) is 17.7. The monoisotopic (exact) mass is 663 g/mol. The number of hydrogen-bond acceptors (Lipinski definition) is 4. The van der Waals surface area contributed by atoms with Crippen LogP contribution in [-0.4, -0.2) is 22.6 Å². The van der Waals surface area contributed by atoms with Crippen molar-refractivity contribution in [2.24, 2.45) is 9.98 Å². The molecule has 184 valence electrons. The molecular formula is C32H24N2O2Pt. The van der Waals surface area contributed by atoms with E-state index in [4.69, 9.17) is 0 Å². The Balaban J connectivity index is 0.00000320. The summed E-state index contributed by atoms with van der Waals surface area (Å²) in [4.78, 5) is 9.13. The molecule has 0 spiro atoms. The molecular weight excluding hydrogens is 639 g/mol. The molecule has 5 aromatic rings. The molecule has 0 saturated heterocycles. The zero-order valence-electron chi connectivity index (χ0n) is 19.8. The Hall–Kier alpha value is -4.27. The van der Waals surface area contributed by atoms with Gasteiger partial charge >= 0.3 is 0 Å². The van der Waals surface area contributed by atoms with Gasteiger partial charge < -0.3 is 10.2 Å². The predicted octanol–water partition coefficient (Wildman–Crippen LogP) is 7.93. The Morgan fingerprint density at radius 3 is 1.19 bits per heavy atom. The summed E-state index contributed by atoms with van der Waals surface area (Å²) in [5.74, 6) is 0.314. The molecule has 0 saturated carbocycles. The van der Waals surface area contributed by atoms with Gasteiger partial charge in [0.15, 0.2) is 0 Å². The summed E-state index contributed by atoms with van der Waals surface area (Å²) < 4.78 is 0. The van der Waals surface area contributed by atoms with E-state index in [1.54, 1.807) is 24.6 Å². The van der Waals surface area contributed by atoms with Crippen molar-refractivity contribution in [3.05, 3.63) is 132 Å². The Kier molecular flexibility index (Phi) is 8.45. The quantitative estimate of drug-likeness (QED) is 0.181. The summed E-state index contributed by atoms with van der Waals surface area (Å²) in [6.45, 7) is 0. The second-order valence-electron chi connectivity index (χ2n) is 8.28. The fourth-order valence-corrected chi connectivity index (χ4v) is 3.89. The maximum absolute atomic E-state index is 10.5. The Labute approximate surface area is 230 Å². The number of benzene rings is 5. The molecule has 37 heavy (non-hydrogen) atoms. The Morgan fingerprint density at radius 2 is 0.811 bits per heavy atom. The molecule has 0 amide bonds. The number of rotatable bonds is 6. The van der Waals surface area contributed by atoms with Crippen LogP contribution in [0.1, 0.15) is 11.1 Å². The second-order valence-corrected chi connectivity index (χ2v) is 8.28. The smallest absolute Gasteiger partial charge is 0.124 e. The molecule has 0 unspecified atom stereocenters. The molecule has 4 nitrogen and oxygen atoms in total. The van der Waals surface area contributed by atoms with Crippen LogP contribution in [-0.2, 0) is 21.1 Å². The molecule has 0 atom stereocenters. The van der Waals surface area contributed by atoms with E-state index in [0.29, 0.717) is 22.5 Å². The Bertz CT molecular complexity index is 1430. The van der Waals surface area contributed by atoms with E-state index in [1.807, 2.05) is 109 Å². The number of aromatic hydroxyl groups is 2. The van der Waals surface area contributed by atoms with E-state index in [-0.39, 0.29) is 32.6 Å². The Morgan fingerprint density at radius 1 is 0.432 bits per heavy atom. The first kappa shape index (κ1) is 25.8. The van der Waals surface area contributed by atoms with Gasteiger partial charge in [0.25, 0.3) is 0 Å². The van der Waals surface area contributed by atoms with Crippen molar-refractivity contribution < 1.29 is 31.3 Å². The molecule has 5 rings (SSSR count). The van der Waals surface area contributed by atoms with Gasteiger partial charge in [0.2, 0.25) is 0 Å². The van der Waals surface area contributed by atoms with Crippen LogP contribution in [0, 0.1) is 0 Å².